The number of carbonyl (C=O) groups excluding carboxylic acids is 1. The first-order chi connectivity index (χ1) is 10.5. The van der Waals surface area contributed by atoms with E-state index in [9.17, 15) is 4.79 Å². The van der Waals surface area contributed by atoms with Crippen molar-refractivity contribution in [2.45, 2.75) is 26.8 Å². The number of carbonyl (C=O) groups is 1. The lowest BCUT2D eigenvalue weighted by Gasteiger charge is -2.09. The summed E-state index contributed by atoms with van der Waals surface area (Å²) in [6, 6.07) is 5.48. The molecule has 0 unspecified atom stereocenters. The van der Waals surface area contributed by atoms with Gasteiger partial charge in [0.2, 0.25) is 5.91 Å². The molecular formula is C16H20N2O3S. The van der Waals surface area contributed by atoms with Crippen LogP contribution in [0.4, 0.5) is 0 Å². The summed E-state index contributed by atoms with van der Waals surface area (Å²) in [4.78, 5) is 17.6. The molecule has 1 N–H and O–H groups in total. The molecule has 5 nitrogen and oxygen atoms in total. The quantitative estimate of drug-likeness (QED) is 0.889. The maximum atomic E-state index is 12.0. The molecule has 1 aromatic carbocycles. The SMILES string of the molecule is COc1ccc(CC(=O)NCc2nc(C)c(C)s2)cc1OC. The van der Waals surface area contributed by atoms with Crippen LogP contribution in [0.25, 0.3) is 0 Å². The second-order valence-corrected chi connectivity index (χ2v) is 6.18. The fourth-order valence-electron chi connectivity index (χ4n) is 2.03. The molecule has 118 valence electrons. The van der Waals surface area contributed by atoms with Gasteiger partial charge >= 0.3 is 0 Å². The summed E-state index contributed by atoms with van der Waals surface area (Å²) in [5.74, 6) is 1.23. The highest BCUT2D eigenvalue weighted by molar-refractivity contribution is 7.11. The van der Waals surface area contributed by atoms with E-state index in [1.54, 1.807) is 31.6 Å². The molecule has 0 aliphatic heterocycles. The number of ether oxygens (including phenoxy) is 2. The summed E-state index contributed by atoms with van der Waals surface area (Å²) in [5, 5.41) is 3.82. The molecule has 0 aliphatic rings. The highest BCUT2D eigenvalue weighted by Crippen LogP contribution is 2.27. The van der Waals surface area contributed by atoms with Crippen molar-refractivity contribution in [3.8, 4) is 11.5 Å². The molecule has 2 rings (SSSR count). The van der Waals surface area contributed by atoms with Crippen molar-refractivity contribution in [2.24, 2.45) is 0 Å². The van der Waals surface area contributed by atoms with Crippen molar-refractivity contribution in [3.63, 3.8) is 0 Å². The summed E-state index contributed by atoms with van der Waals surface area (Å²) in [7, 11) is 3.16. The number of hydrogen-bond acceptors (Lipinski definition) is 5. The first-order valence-electron chi connectivity index (χ1n) is 6.94. The largest absolute Gasteiger partial charge is 0.493 e. The highest BCUT2D eigenvalue weighted by atomic mass is 32.1. The molecule has 1 amide bonds. The number of thiazole rings is 1. The number of nitrogens with one attached hydrogen (secondary N) is 1. The van der Waals surface area contributed by atoms with Crippen molar-refractivity contribution in [2.75, 3.05) is 14.2 Å². The van der Waals surface area contributed by atoms with E-state index in [-0.39, 0.29) is 5.91 Å². The topological polar surface area (TPSA) is 60.5 Å². The van der Waals surface area contributed by atoms with Crippen LogP contribution in [-0.2, 0) is 17.8 Å². The number of amides is 1. The lowest BCUT2D eigenvalue weighted by atomic mass is 10.1. The van der Waals surface area contributed by atoms with Crippen molar-refractivity contribution < 1.29 is 14.3 Å². The van der Waals surface area contributed by atoms with E-state index in [1.165, 1.54) is 4.88 Å². The summed E-state index contributed by atoms with van der Waals surface area (Å²) >= 11 is 1.61. The van der Waals surface area contributed by atoms with Gasteiger partial charge in [0.05, 0.1) is 32.9 Å². The molecule has 2 aromatic rings. The van der Waals surface area contributed by atoms with Crippen molar-refractivity contribution >= 4 is 17.2 Å². The van der Waals surface area contributed by atoms with E-state index in [1.807, 2.05) is 26.0 Å². The van der Waals surface area contributed by atoms with Gasteiger partial charge in [0.1, 0.15) is 5.01 Å². The smallest absolute Gasteiger partial charge is 0.224 e. The number of hydrogen-bond donors (Lipinski definition) is 1. The van der Waals surface area contributed by atoms with Crippen LogP contribution < -0.4 is 14.8 Å². The molecular weight excluding hydrogens is 300 g/mol. The van der Waals surface area contributed by atoms with Crippen molar-refractivity contribution in [3.05, 3.63) is 39.3 Å². The van der Waals surface area contributed by atoms with Gasteiger partial charge < -0.3 is 14.8 Å². The number of aromatic nitrogens is 1. The van der Waals surface area contributed by atoms with Crippen LogP contribution in [0, 0.1) is 13.8 Å². The Kier molecular flexibility index (Phi) is 5.38. The second-order valence-electron chi connectivity index (χ2n) is 4.89. The average Bonchev–Trinajstić information content (AvgIpc) is 2.83. The van der Waals surface area contributed by atoms with Gasteiger partial charge in [-0.25, -0.2) is 4.98 Å². The maximum Gasteiger partial charge on any atom is 0.224 e. The fraction of sp³-hybridized carbons (Fsp3) is 0.375. The minimum Gasteiger partial charge on any atom is -0.493 e. The Balaban J connectivity index is 1.94. The minimum atomic E-state index is -0.0438. The number of methoxy groups -OCH3 is 2. The molecule has 6 heteroatoms. The first-order valence-corrected chi connectivity index (χ1v) is 7.75. The second kappa shape index (κ2) is 7.26. The Morgan fingerprint density at radius 3 is 2.55 bits per heavy atom. The monoisotopic (exact) mass is 320 g/mol. The van der Waals surface area contributed by atoms with Crippen LogP contribution in [0.3, 0.4) is 0 Å². The number of rotatable bonds is 6. The molecule has 0 atom stereocenters. The van der Waals surface area contributed by atoms with Crippen LogP contribution in [0.15, 0.2) is 18.2 Å². The average molecular weight is 320 g/mol. The van der Waals surface area contributed by atoms with Gasteiger partial charge in [-0.15, -0.1) is 11.3 Å². The predicted octanol–water partition coefficient (Wildman–Crippen LogP) is 2.64. The molecule has 0 aliphatic carbocycles. The highest BCUT2D eigenvalue weighted by Gasteiger charge is 2.09. The van der Waals surface area contributed by atoms with E-state index < -0.39 is 0 Å². The Morgan fingerprint density at radius 2 is 1.95 bits per heavy atom. The summed E-state index contributed by atoms with van der Waals surface area (Å²) in [6.07, 6.45) is 0.295. The maximum absolute atomic E-state index is 12.0. The molecule has 1 heterocycles. The third kappa shape index (κ3) is 3.98. The van der Waals surface area contributed by atoms with E-state index >= 15 is 0 Å². The Morgan fingerprint density at radius 1 is 1.23 bits per heavy atom. The molecule has 22 heavy (non-hydrogen) atoms. The first kappa shape index (κ1) is 16.3. The van der Waals surface area contributed by atoms with Gasteiger partial charge in [0.25, 0.3) is 0 Å². The zero-order valence-corrected chi connectivity index (χ0v) is 14.0. The Labute approximate surface area is 134 Å². The zero-order chi connectivity index (χ0) is 16.1. The third-order valence-corrected chi connectivity index (χ3v) is 4.40. The van der Waals surface area contributed by atoms with Gasteiger partial charge in [-0.1, -0.05) is 6.07 Å². The van der Waals surface area contributed by atoms with E-state index in [2.05, 4.69) is 10.3 Å². The third-order valence-electron chi connectivity index (χ3n) is 3.32. The lowest BCUT2D eigenvalue weighted by molar-refractivity contribution is -0.120. The van der Waals surface area contributed by atoms with Gasteiger partial charge in [-0.05, 0) is 31.5 Å². The molecule has 0 saturated carbocycles. The van der Waals surface area contributed by atoms with Crippen LogP contribution in [-0.4, -0.2) is 25.1 Å². The van der Waals surface area contributed by atoms with Crippen LogP contribution >= 0.6 is 11.3 Å². The molecule has 1 aromatic heterocycles. The van der Waals surface area contributed by atoms with Gasteiger partial charge in [-0.2, -0.15) is 0 Å². The number of benzene rings is 1. The summed E-state index contributed by atoms with van der Waals surface area (Å²) < 4.78 is 10.4. The van der Waals surface area contributed by atoms with Crippen molar-refractivity contribution in [1.82, 2.24) is 10.3 Å². The molecule has 0 bridgehead atoms. The van der Waals surface area contributed by atoms with Crippen LogP contribution in [0.2, 0.25) is 0 Å². The Hall–Kier alpha value is -2.08. The normalized spacial score (nSPS) is 10.4. The van der Waals surface area contributed by atoms with Gasteiger partial charge in [0.15, 0.2) is 11.5 Å². The molecule has 0 radical (unpaired) electrons. The standard InChI is InChI=1S/C16H20N2O3S/c1-10-11(2)22-16(18-10)9-17-15(19)8-12-5-6-13(20-3)14(7-12)21-4/h5-7H,8-9H2,1-4H3,(H,17,19). The van der Waals surface area contributed by atoms with E-state index in [0.29, 0.717) is 24.5 Å². The van der Waals surface area contributed by atoms with Gasteiger partial charge in [-0.3, -0.25) is 4.79 Å². The van der Waals surface area contributed by atoms with Crippen LogP contribution in [0.5, 0.6) is 11.5 Å². The number of aryl methyl sites for hydroxylation is 2. The van der Waals surface area contributed by atoms with Crippen LogP contribution in [0.1, 0.15) is 21.1 Å². The molecule has 0 fully saturated rings. The minimum absolute atomic E-state index is 0.0438. The van der Waals surface area contributed by atoms with Crippen molar-refractivity contribution in [1.29, 1.82) is 0 Å². The van der Waals surface area contributed by atoms with E-state index in [0.717, 1.165) is 16.3 Å². The predicted molar refractivity (Wildman–Crippen MR) is 86.7 cm³/mol. The molecule has 0 saturated heterocycles. The fourth-order valence-corrected chi connectivity index (χ4v) is 2.90. The Bertz CT molecular complexity index is 648. The number of nitrogens with zero attached hydrogens (tertiary/aromatic N) is 1. The summed E-state index contributed by atoms with van der Waals surface area (Å²) in [5.41, 5.74) is 1.90. The van der Waals surface area contributed by atoms with E-state index in [4.69, 9.17) is 9.47 Å². The molecule has 0 spiro atoms. The van der Waals surface area contributed by atoms with Gasteiger partial charge in [0, 0.05) is 4.88 Å². The zero-order valence-electron chi connectivity index (χ0n) is 13.2. The summed E-state index contributed by atoms with van der Waals surface area (Å²) in [6.45, 7) is 4.47. The lowest BCUT2D eigenvalue weighted by Crippen LogP contribution is -2.24.